The smallest absolute Gasteiger partial charge is 0.0360 e. The Morgan fingerprint density at radius 2 is 2.31 bits per heavy atom. The van der Waals surface area contributed by atoms with Crippen molar-refractivity contribution in [2.45, 2.75) is 6.42 Å². The van der Waals surface area contributed by atoms with Crippen LogP contribution >= 0.6 is 11.8 Å². The number of hydrogen-bond donors (Lipinski definition) is 2. The largest absolute Gasteiger partial charge is 0.399 e. The van der Waals surface area contributed by atoms with Gasteiger partial charge in [-0.2, -0.15) is 11.8 Å². The van der Waals surface area contributed by atoms with Gasteiger partial charge in [0.05, 0.1) is 0 Å². The van der Waals surface area contributed by atoms with Crippen molar-refractivity contribution in [2.75, 3.05) is 29.6 Å². The molecule has 1 rings (SSSR count). The Labute approximate surface area is 83.9 Å². The maximum Gasteiger partial charge on any atom is 0.0360 e. The molecular formula is C10H16N2S. The van der Waals surface area contributed by atoms with E-state index in [2.05, 4.69) is 11.6 Å². The molecule has 0 radical (unpaired) electrons. The molecule has 0 saturated carbocycles. The summed E-state index contributed by atoms with van der Waals surface area (Å²) in [5.74, 6) is 1.20. The van der Waals surface area contributed by atoms with E-state index in [4.69, 9.17) is 5.73 Å². The van der Waals surface area contributed by atoms with Gasteiger partial charge in [-0.1, -0.05) is 6.07 Å². The highest BCUT2D eigenvalue weighted by Crippen LogP contribution is 2.11. The number of anilines is 2. The van der Waals surface area contributed by atoms with E-state index in [9.17, 15) is 0 Å². The van der Waals surface area contributed by atoms with Crippen LogP contribution in [0, 0.1) is 0 Å². The van der Waals surface area contributed by atoms with E-state index in [1.165, 1.54) is 12.2 Å². The molecule has 0 atom stereocenters. The van der Waals surface area contributed by atoms with E-state index in [0.29, 0.717) is 0 Å². The second-order valence-electron chi connectivity index (χ2n) is 2.90. The fourth-order valence-corrected chi connectivity index (χ4v) is 1.53. The molecule has 0 heterocycles. The number of nitrogen functional groups attached to an aromatic ring is 1. The lowest BCUT2D eigenvalue weighted by atomic mass is 10.3. The van der Waals surface area contributed by atoms with Gasteiger partial charge in [-0.15, -0.1) is 0 Å². The normalized spacial score (nSPS) is 9.92. The Hall–Kier alpha value is -0.830. The highest BCUT2D eigenvalue weighted by atomic mass is 32.2. The van der Waals surface area contributed by atoms with Crippen LogP contribution in [0.2, 0.25) is 0 Å². The van der Waals surface area contributed by atoms with Crippen LogP contribution < -0.4 is 11.1 Å². The van der Waals surface area contributed by atoms with Crippen LogP contribution in [-0.2, 0) is 0 Å². The number of hydrogen-bond acceptors (Lipinski definition) is 3. The summed E-state index contributed by atoms with van der Waals surface area (Å²) in [5.41, 5.74) is 7.57. The van der Waals surface area contributed by atoms with Crippen molar-refractivity contribution in [3.8, 4) is 0 Å². The van der Waals surface area contributed by atoms with Crippen molar-refractivity contribution >= 4 is 23.1 Å². The first-order valence-electron chi connectivity index (χ1n) is 4.41. The fourth-order valence-electron chi connectivity index (χ4n) is 1.10. The molecule has 0 aliphatic heterocycles. The third kappa shape index (κ3) is 4.08. The van der Waals surface area contributed by atoms with Crippen molar-refractivity contribution in [1.29, 1.82) is 0 Å². The molecule has 0 saturated heterocycles. The van der Waals surface area contributed by atoms with Gasteiger partial charge in [0.15, 0.2) is 0 Å². The zero-order chi connectivity index (χ0) is 9.52. The maximum absolute atomic E-state index is 5.64. The molecule has 0 aliphatic rings. The van der Waals surface area contributed by atoms with Crippen LogP contribution in [0.5, 0.6) is 0 Å². The molecule has 0 fully saturated rings. The fraction of sp³-hybridized carbons (Fsp3) is 0.400. The van der Waals surface area contributed by atoms with Crippen molar-refractivity contribution in [2.24, 2.45) is 0 Å². The molecular weight excluding hydrogens is 180 g/mol. The van der Waals surface area contributed by atoms with E-state index < -0.39 is 0 Å². The quantitative estimate of drug-likeness (QED) is 0.561. The molecule has 1 aromatic carbocycles. The first-order valence-corrected chi connectivity index (χ1v) is 5.80. The van der Waals surface area contributed by atoms with E-state index >= 15 is 0 Å². The average molecular weight is 196 g/mol. The Bertz CT molecular complexity index is 250. The SMILES string of the molecule is CSCCCNc1cccc(N)c1. The van der Waals surface area contributed by atoms with E-state index in [1.54, 1.807) is 0 Å². The second-order valence-corrected chi connectivity index (χ2v) is 3.88. The van der Waals surface area contributed by atoms with Crippen molar-refractivity contribution in [3.05, 3.63) is 24.3 Å². The van der Waals surface area contributed by atoms with Gasteiger partial charge in [-0.3, -0.25) is 0 Å². The van der Waals surface area contributed by atoms with E-state index in [1.807, 2.05) is 36.0 Å². The van der Waals surface area contributed by atoms with Crippen LogP contribution in [-0.4, -0.2) is 18.6 Å². The van der Waals surface area contributed by atoms with Crippen LogP contribution in [0.15, 0.2) is 24.3 Å². The predicted octanol–water partition coefficient (Wildman–Crippen LogP) is 2.43. The topological polar surface area (TPSA) is 38.0 Å². The van der Waals surface area contributed by atoms with Crippen LogP contribution in [0.25, 0.3) is 0 Å². The highest BCUT2D eigenvalue weighted by Gasteiger charge is 1.91. The molecule has 13 heavy (non-hydrogen) atoms. The summed E-state index contributed by atoms with van der Waals surface area (Å²) in [5, 5.41) is 3.33. The van der Waals surface area contributed by atoms with Gasteiger partial charge < -0.3 is 11.1 Å². The van der Waals surface area contributed by atoms with E-state index in [-0.39, 0.29) is 0 Å². The summed E-state index contributed by atoms with van der Waals surface area (Å²) in [6.07, 6.45) is 3.32. The minimum Gasteiger partial charge on any atom is -0.399 e. The minimum atomic E-state index is 0.815. The first kappa shape index (κ1) is 10.3. The highest BCUT2D eigenvalue weighted by molar-refractivity contribution is 7.98. The molecule has 0 aromatic heterocycles. The Kier molecular flexibility index (Phi) is 4.54. The van der Waals surface area contributed by atoms with Crippen molar-refractivity contribution in [3.63, 3.8) is 0 Å². The second kappa shape index (κ2) is 5.75. The number of thioether (sulfide) groups is 1. The summed E-state index contributed by atoms with van der Waals surface area (Å²) in [4.78, 5) is 0. The number of rotatable bonds is 5. The predicted molar refractivity (Wildman–Crippen MR) is 62.3 cm³/mol. The monoisotopic (exact) mass is 196 g/mol. The molecule has 72 valence electrons. The van der Waals surface area contributed by atoms with Crippen LogP contribution in [0.4, 0.5) is 11.4 Å². The van der Waals surface area contributed by atoms with Gasteiger partial charge in [0.25, 0.3) is 0 Å². The summed E-state index contributed by atoms with van der Waals surface area (Å²) in [6.45, 7) is 1.02. The van der Waals surface area contributed by atoms with Gasteiger partial charge in [-0.05, 0) is 36.6 Å². The summed E-state index contributed by atoms with van der Waals surface area (Å²) < 4.78 is 0. The third-order valence-electron chi connectivity index (χ3n) is 1.74. The average Bonchev–Trinajstić information content (AvgIpc) is 2.13. The lowest BCUT2D eigenvalue weighted by Crippen LogP contribution is -2.02. The van der Waals surface area contributed by atoms with Gasteiger partial charge in [0, 0.05) is 17.9 Å². The molecule has 0 bridgehead atoms. The maximum atomic E-state index is 5.64. The molecule has 0 spiro atoms. The Balaban J connectivity index is 2.28. The zero-order valence-corrected chi connectivity index (χ0v) is 8.73. The number of nitrogens with two attached hydrogens (primary N) is 1. The molecule has 0 amide bonds. The van der Waals surface area contributed by atoms with Crippen LogP contribution in [0.1, 0.15) is 6.42 Å². The first-order chi connectivity index (χ1) is 6.33. The van der Waals surface area contributed by atoms with Crippen molar-refractivity contribution < 1.29 is 0 Å². The molecule has 3 N–H and O–H groups in total. The molecule has 0 unspecified atom stereocenters. The lowest BCUT2D eigenvalue weighted by molar-refractivity contribution is 0.993. The Morgan fingerprint density at radius 1 is 1.46 bits per heavy atom. The minimum absolute atomic E-state index is 0.815. The summed E-state index contributed by atoms with van der Waals surface area (Å²) in [6, 6.07) is 7.86. The molecule has 0 aliphatic carbocycles. The lowest BCUT2D eigenvalue weighted by Gasteiger charge is -2.05. The van der Waals surface area contributed by atoms with Crippen molar-refractivity contribution in [1.82, 2.24) is 0 Å². The standard InChI is InChI=1S/C10H16N2S/c1-13-7-3-6-12-10-5-2-4-9(11)8-10/h2,4-5,8,12H,3,6-7,11H2,1H3. The van der Waals surface area contributed by atoms with Gasteiger partial charge in [-0.25, -0.2) is 0 Å². The number of benzene rings is 1. The molecule has 2 nitrogen and oxygen atoms in total. The summed E-state index contributed by atoms with van der Waals surface area (Å²) in [7, 11) is 0. The Morgan fingerprint density at radius 3 is 3.00 bits per heavy atom. The third-order valence-corrected chi connectivity index (χ3v) is 2.44. The zero-order valence-electron chi connectivity index (χ0n) is 7.92. The van der Waals surface area contributed by atoms with Gasteiger partial charge >= 0.3 is 0 Å². The molecule has 1 aromatic rings. The van der Waals surface area contributed by atoms with Gasteiger partial charge in [0.2, 0.25) is 0 Å². The van der Waals surface area contributed by atoms with E-state index in [0.717, 1.165) is 17.9 Å². The van der Waals surface area contributed by atoms with Gasteiger partial charge in [0.1, 0.15) is 0 Å². The molecule has 3 heteroatoms. The van der Waals surface area contributed by atoms with Crippen LogP contribution in [0.3, 0.4) is 0 Å². The summed E-state index contributed by atoms with van der Waals surface area (Å²) >= 11 is 1.88. The number of nitrogens with one attached hydrogen (secondary N) is 1.